The van der Waals surface area contributed by atoms with Crippen molar-refractivity contribution in [2.75, 3.05) is 18.5 Å². The minimum atomic E-state index is 0.000763. The maximum Gasteiger partial charge on any atom is 0.258 e. The molecule has 0 aromatic heterocycles. The predicted octanol–water partition coefficient (Wildman–Crippen LogP) is 3.08. The zero-order chi connectivity index (χ0) is 15.4. The Labute approximate surface area is 126 Å². The Morgan fingerprint density at radius 1 is 1.14 bits per heavy atom. The normalized spacial score (nSPS) is 10.5. The molecule has 0 aliphatic heterocycles. The summed E-state index contributed by atoms with van der Waals surface area (Å²) in [6.07, 6.45) is 0.786. The highest BCUT2D eigenvalue weighted by Crippen LogP contribution is 2.22. The van der Waals surface area contributed by atoms with E-state index in [0.717, 1.165) is 23.2 Å². The molecule has 0 radical (unpaired) electrons. The number of aryl methyl sites for hydroxylation is 2. The summed E-state index contributed by atoms with van der Waals surface area (Å²) in [5, 5.41) is 0. The van der Waals surface area contributed by atoms with Crippen LogP contribution in [0.25, 0.3) is 0 Å². The maximum atomic E-state index is 12.6. The zero-order valence-corrected chi connectivity index (χ0v) is 12.9. The lowest BCUT2D eigenvalue weighted by molar-refractivity contribution is 0.0992. The molecule has 2 N–H and O–H groups in total. The van der Waals surface area contributed by atoms with Gasteiger partial charge >= 0.3 is 0 Å². The number of nitrogens with two attached hydrogens (primary N) is 1. The van der Waals surface area contributed by atoms with Crippen molar-refractivity contribution < 1.29 is 4.79 Å². The van der Waals surface area contributed by atoms with E-state index in [1.807, 2.05) is 50.4 Å². The second-order valence-electron chi connectivity index (χ2n) is 5.39. The molecule has 110 valence electrons. The van der Waals surface area contributed by atoms with Crippen LogP contribution in [0.5, 0.6) is 0 Å². The SMILES string of the molecule is Cc1ccc(N(C)C(=O)c2cccc(CCN)c2)c(C)c1. The Balaban J connectivity index is 2.28. The fourth-order valence-electron chi connectivity index (χ4n) is 2.51. The number of rotatable bonds is 4. The molecule has 0 fully saturated rings. The molecule has 2 rings (SSSR count). The van der Waals surface area contributed by atoms with Crippen molar-refractivity contribution in [3.8, 4) is 0 Å². The van der Waals surface area contributed by atoms with Gasteiger partial charge < -0.3 is 10.6 Å². The summed E-state index contributed by atoms with van der Waals surface area (Å²) in [6, 6.07) is 13.8. The van der Waals surface area contributed by atoms with Gasteiger partial charge in [-0.15, -0.1) is 0 Å². The van der Waals surface area contributed by atoms with Crippen LogP contribution in [0.4, 0.5) is 5.69 Å². The highest BCUT2D eigenvalue weighted by Gasteiger charge is 2.15. The second kappa shape index (κ2) is 6.55. The standard InChI is InChI=1S/C18H22N2O/c1-13-7-8-17(14(2)11-13)20(3)18(21)16-6-4-5-15(12-16)9-10-19/h4-8,11-12H,9-10,19H2,1-3H3. The Bertz CT molecular complexity index is 649. The van der Waals surface area contributed by atoms with Gasteiger partial charge in [-0.05, 0) is 56.1 Å². The molecule has 0 aliphatic rings. The van der Waals surface area contributed by atoms with Gasteiger partial charge in [-0.3, -0.25) is 4.79 Å². The van der Waals surface area contributed by atoms with Crippen LogP contribution in [-0.4, -0.2) is 19.5 Å². The minimum absolute atomic E-state index is 0.000763. The first-order valence-corrected chi connectivity index (χ1v) is 7.17. The summed E-state index contributed by atoms with van der Waals surface area (Å²) in [6.45, 7) is 4.66. The number of amides is 1. The molecule has 0 saturated heterocycles. The minimum Gasteiger partial charge on any atom is -0.330 e. The van der Waals surface area contributed by atoms with Crippen molar-refractivity contribution >= 4 is 11.6 Å². The van der Waals surface area contributed by atoms with Crippen LogP contribution in [-0.2, 0) is 6.42 Å². The number of benzene rings is 2. The van der Waals surface area contributed by atoms with E-state index in [-0.39, 0.29) is 5.91 Å². The number of carbonyl (C=O) groups excluding carboxylic acids is 1. The third-order valence-corrected chi connectivity index (χ3v) is 3.63. The van der Waals surface area contributed by atoms with Crippen LogP contribution in [0.2, 0.25) is 0 Å². The number of carbonyl (C=O) groups is 1. The van der Waals surface area contributed by atoms with E-state index in [1.165, 1.54) is 5.56 Å². The first kappa shape index (κ1) is 15.3. The van der Waals surface area contributed by atoms with E-state index >= 15 is 0 Å². The molecule has 0 unspecified atom stereocenters. The molecule has 0 heterocycles. The maximum absolute atomic E-state index is 12.6. The average molecular weight is 282 g/mol. The molecule has 1 amide bonds. The summed E-state index contributed by atoms with van der Waals surface area (Å²) < 4.78 is 0. The lowest BCUT2D eigenvalue weighted by Gasteiger charge is -2.20. The van der Waals surface area contributed by atoms with Crippen LogP contribution in [0, 0.1) is 13.8 Å². The van der Waals surface area contributed by atoms with E-state index in [4.69, 9.17) is 5.73 Å². The number of hydrogen-bond donors (Lipinski definition) is 1. The van der Waals surface area contributed by atoms with Gasteiger partial charge in [-0.2, -0.15) is 0 Å². The molecular weight excluding hydrogens is 260 g/mol. The third-order valence-electron chi connectivity index (χ3n) is 3.63. The van der Waals surface area contributed by atoms with Crippen LogP contribution in [0.3, 0.4) is 0 Å². The van der Waals surface area contributed by atoms with Gasteiger partial charge in [0.05, 0.1) is 0 Å². The molecule has 2 aromatic carbocycles. The van der Waals surface area contributed by atoms with Gasteiger partial charge in [0, 0.05) is 18.3 Å². The van der Waals surface area contributed by atoms with Crippen molar-refractivity contribution in [2.24, 2.45) is 5.73 Å². The monoisotopic (exact) mass is 282 g/mol. The highest BCUT2D eigenvalue weighted by atomic mass is 16.2. The van der Waals surface area contributed by atoms with E-state index < -0.39 is 0 Å². The molecule has 0 aliphatic carbocycles. The fraction of sp³-hybridized carbons (Fsp3) is 0.278. The Morgan fingerprint density at radius 2 is 1.90 bits per heavy atom. The quantitative estimate of drug-likeness (QED) is 0.936. The van der Waals surface area contributed by atoms with Crippen LogP contribution >= 0.6 is 0 Å². The Kier molecular flexibility index (Phi) is 4.76. The van der Waals surface area contributed by atoms with Crippen molar-refractivity contribution in [3.05, 3.63) is 64.7 Å². The fourth-order valence-corrected chi connectivity index (χ4v) is 2.51. The van der Waals surface area contributed by atoms with Crippen molar-refractivity contribution in [1.82, 2.24) is 0 Å². The van der Waals surface area contributed by atoms with Crippen molar-refractivity contribution in [1.29, 1.82) is 0 Å². The van der Waals surface area contributed by atoms with E-state index in [0.29, 0.717) is 12.1 Å². The van der Waals surface area contributed by atoms with E-state index in [1.54, 1.807) is 4.90 Å². The van der Waals surface area contributed by atoms with Crippen LogP contribution < -0.4 is 10.6 Å². The summed E-state index contributed by atoms with van der Waals surface area (Å²) in [4.78, 5) is 14.3. The molecule has 3 heteroatoms. The highest BCUT2D eigenvalue weighted by molar-refractivity contribution is 6.06. The zero-order valence-electron chi connectivity index (χ0n) is 12.9. The Morgan fingerprint density at radius 3 is 2.57 bits per heavy atom. The Hall–Kier alpha value is -2.13. The predicted molar refractivity (Wildman–Crippen MR) is 87.8 cm³/mol. The summed E-state index contributed by atoms with van der Waals surface area (Å²) in [7, 11) is 1.82. The third kappa shape index (κ3) is 3.50. The smallest absolute Gasteiger partial charge is 0.258 e. The summed E-state index contributed by atoms with van der Waals surface area (Å²) >= 11 is 0. The lowest BCUT2D eigenvalue weighted by Crippen LogP contribution is -2.27. The largest absolute Gasteiger partial charge is 0.330 e. The molecule has 0 spiro atoms. The number of nitrogens with zero attached hydrogens (tertiary/aromatic N) is 1. The van der Waals surface area contributed by atoms with Gasteiger partial charge in [-0.25, -0.2) is 0 Å². The lowest BCUT2D eigenvalue weighted by atomic mass is 10.1. The van der Waals surface area contributed by atoms with Crippen LogP contribution in [0.1, 0.15) is 27.0 Å². The summed E-state index contributed by atoms with van der Waals surface area (Å²) in [5.74, 6) is 0.000763. The average Bonchev–Trinajstić information content (AvgIpc) is 2.46. The van der Waals surface area contributed by atoms with Crippen LogP contribution in [0.15, 0.2) is 42.5 Å². The topological polar surface area (TPSA) is 46.3 Å². The second-order valence-corrected chi connectivity index (χ2v) is 5.39. The van der Waals surface area contributed by atoms with Gasteiger partial charge in [0.1, 0.15) is 0 Å². The van der Waals surface area contributed by atoms with Gasteiger partial charge in [0.2, 0.25) is 0 Å². The van der Waals surface area contributed by atoms with Gasteiger partial charge in [0.25, 0.3) is 5.91 Å². The molecule has 0 saturated carbocycles. The molecule has 0 bridgehead atoms. The number of hydrogen-bond acceptors (Lipinski definition) is 2. The van der Waals surface area contributed by atoms with Gasteiger partial charge in [0.15, 0.2) is 0 Å². The molecule has 2 aromatic rings. The molecule has 0 atom stereocenters. The van der Waals surface area contributed by atoms with Crippen molar-refractivity contribution in [3.63, 3.8) is 0 Å². The first-order valence-electron chi connectivity index (χ1n) is 7.17. The summed E-state index contributed by atoms with van der Waals surface area (Å²) in [5.41, 5.74) is 10.6. The first-order chi connectivity index (χ1) is 10.0. The molecule has 21 heavy (non-hydrogen) atoms. The van der Waals surface area contributed by atoms with Gasteiger partial charge in [-0.1, -0.05) is 29.8 Å². The van der Waals surface area contributed by atoms with E-state index in [2.05, 4.69) is 13.0 Å². The number of anilines is 1. The molecule has 3 nitrogen and oxygen atoms in total. The van der Waals surface area contributed by atoms with Crippen molar-refractivity contribution in [2.45, 2.75) is 20.3 Å². The van der Waals surface area contributed by atoms with E-state index in [9.17, 15) is 4.79 Å². The molecular formula is C18H22N2O.